The van der Waals surface area contributed by atoms with Crippen LogP contribution >= 0.6 is 0 Å². The number of halogens is 1. The highest BCUT2D eigenvalue weighted by molar-refractivity contribution is 7.89. The number of rotatable bonds is 6. The molecule has 0 aliphatic heterocycles. The van der Waals surface area contributed by atoms with Gasteiger partial charge < -0.3 is 9.47 Å². The molecule has 6 nitrogen and oxygen atoms in total. The van der Waals surface area contributed by atoms with Crippen LogP contribution < -0.4 is 9.88 Å². The number of nitrogens with two attached hydrogens (primary N) is 1. The van der Waals surface area contributed by atoms with Gasteiger partial charge in [0.05, 0.1) is 10.5 Å². The maximum atomic E-state index is 13.9. The molecule has 0 aliphatic rings. The monoisotopic (exact) mass is 401 g/mol. The number of esters is 1. The van der Waals surface area contributed by atoms with E-state index in [1.165, 1.54) is 0 Å². The summed E-state index contributed by atoms with van der Waals surface area (Å²) in [6.07, 6.45) is 0. The van der Waals surface area contributed by atoms with Gasteiger partial charge in [-0.2, -0.15) is 0 Å². The van der Waals surface area contributed by atoms with Gasteiger partial charge in [0.15, 0.2) is 0 Å². The molecule has 8 heteroatoms. The summed E-state index contributed by atoms with van der Waals surface area (Å²) in [6, 6.07) is 18.6. The second-order valence-corrected chi connectivity index (χ2v) is 7.35. The molecule has 3 aromatic rings. The SMILES string of the molecule is NS(=O)(=O)c1ccc(F)c(C(=O)OCc2ccccc2Oc2ccccc2)c1. The summed E-state index contributed by atoms with van der Waals surface area (Å²) < 4.78 is 47.7. The molecule has 144 valence electrons. The number of ether oxygens (including phenoxy) is 2. The second-order valence-electron chi connectivity index (χ2n) is 5.79. The standard InChI is InChI=1S/C20H16FNO5S/c21-18-11-10-16(28(22,24)25)12-17(18)20(23)26-13-14-6-4-5-9-19(14)27-15-7-2-1-3-8-15/h1-12H,13H2,(H2,22,24,25). The molecule has 28 heavy (non-hydrogen) atoms. The van der Waals surface area contributed by atoms with Gasteiger partial charge in [-0.15, -0.1) is 0 Å². The zero-order valence-electron chi connectivity index (χ0n) is 14.5. The molecule has 0 aromatic heterocycles. The maximum Gasteiger partial charge on any atom is 0.341 e. The van der Waals surface area contributed by atoms with E-state index in [1.807, 2.05) is 18.2 Å². The Labute approximate surface area is 161 Å². The van der Waals surface area contributed by atoms with Gasteiger partial charge in [0.2, 0.25) is 10.0 Å². The van der Waals surface area contributed by atoms with Crippen molar-refractivity contribution in [2.24, 2.45) is 5.14 Å². The first-order valence-corrected chi connectivity index (χ1v) is 9.69. The van der Waals surface area contributed by atoms with E-state index < -0.39 is 27.4 Å². The van der Waals surface area contributed by atoms with Crippen LogP contribution in [-0.2, 0) is 21.4 Å². The van der Waals surface area contributed by atoms with Crippen molar-refractivity contribution in [3.8, 4) is 11.5 Å². The van der Waals surface area contributed by atoms with Gasteiger partial charge in [-0.05, 0) is 36.4 Å². The third-order valence-corrected chi connectivity index (χ3v) is 4.70. The van der Waals surface area contributed by atoms with Crippen molar-refractivity contribution in [2.75, 3.05) is 0 Å². The molecule has 0 aliphatic carbocycles. The Bertz CT molecular complexity index is 1100. The van der Waals surface area contributed by atoms with E-state index >= 15 is 0 Å². The number of sulfonamides is 1. The van der Waals surface area contributed by atoms with Gasteiger partial charge in [0, 0.05) is 5.56 Å². The van der Waals surface area contributed by atoms with Gasteiger partial charge >= 0.3 is 5.97 Å². The molecule has 0 heterocycles. The van der Waals surface area contributed by atoms with Crippen LogP contribution in [0.4, 0.5) is 4.39 Å². The molecular formula is C20H16FNO5S. The first-order valence-electron chi connectivity index (χ1n) is 8.15. The number of benzene rings is 3. The molecule has 0 saturated heterocycles. The first kappa shape index (κ1) is 19.5. The van der Waals surface area contributed by atoms with Crippen molar-refractivity contribution < 1.29 is 27.1 Å². The summed E-state index contributed by atoms with van der Waals surface area (Å²) in [5.41, 5.74) is 0.0377. The molecule has 0 unspecified atom stereocenters. The maximum absolute atomic E-state index is 13.9. The molecule has 0 fully saturated rings. The Morgan fingerprint density at radius 3 is 2.36 bits per heavy atom. The van der Waals surface area contributed by atoms with Crippen LogP contribution in [0.1, 0.15) is 15.9 Å². The summed E-state index contributed by atoms with van der Waals surface area (Å²) in [6.45, 7) is -0.194. The average Bonchev–Trinajstić information content (AvgIpc) is 2.67. The van der Waals surface area contributed by atoms with Crippen LogP contribution in [0.2, 0.25) is 0 Å². The molecule has 0 bridgehead atoms. The van der Waals surface area contributed by atoms with Crippen molar-refractivity contribution in [3.63, 3.8) is 0 Å². The van der Waals surface area contributed by atoms with Crippen molar-refractivity contribution in [2.45, 2.75) is 11.5 Å². The van der Waals surface area contributed by atoms with Crippen LogP contribution in [0.5, 0.6) is 11.5 Å². The highest BCUT2D eigenvalue weighted by Crippen LogP contribution is 2.26. The van der Waals surface area contributed by atoms with Crippen molar-refractivity contribution in [1.82, 2.24) is 0 Å². The molecule has 0 atom stereocenters. The minimum absolute atomic E-state index is 0.194. The number of hydrogen-bond donors (Lipinski definition) is 1. The minimum atomic E-state index is -4.08. The van der Waals surface area contributed by atoms with E-state index in [1.54, 1.807) is 36.4 Å². The number of carbonyl (C=O) groups excluding carboxylic acids is 1. The average molecular weight is 401 g/mol. The zero-order valence-corrected chi connectivity index (χ0v) is 15.4. The van der Waals surface area contributed by atoms with Crippen LogP contribution in [0.25, 0.3) is 0 Å². The highest BCUT2D eigenvalue weighted by Gasteiger charge is 2.18. The Morgan fingerprint density at radius 2 is 1.64 bits per heavy atom. The molecule has 0 saturated carbocycles. The third kappa shape index (κ3) is 4.73. The smallest absolute Gasteiger partial charge is 0.341 e. The predicted molar refractivity (Wildman–Crippen MR) is 99.9 cm³/mol. The summed E-state index contributed by atoms with van der Waals surface area (Å²) in [5.74, 6) is -0.850. The number of primary sulfonamides is 1. The van der Waals surface area contributed by atoms with Crippen molar-refractivity contribution in [1.29, 1.82) is 0 Å². The van der Waals surface area contributed by atoms with E-state index in [-0.39, 0.29) is 11.5 Å². The lowest BCUT2D eigenvalue weighted by Gasteiger charge is -2.12. The summed E-state index contributed by atoms with van der Waals surface area (Å²) >= 11 is 0. The predicted octanol–water partition coefficient (Wildman–Crippen LogP) is 3.62. The third-order valence-electron chi connectivity index (χ3n) is 3.79. The lowest BCUT2D eigenvalue weighted by atomic mass is 10.2. The van der Waals surface area contributed by atoms with E-state index in [0.29, 0.717) is 17.1 Å². The van der Waals surface area contributed by atoms with Crippen LogP contribution in [0, 0.1) is 5.82 Å². The topological polar surface area (TPSA) is 95.7 Å². The Kier molecular flexibility index (Phi) is 5.72. The van der Waals surface area contributed by atoms with Crippen molar-refractivity contribution >= 4 is 16.0 Å². The number of carbonyl (C=O) groups is 1. The lowest BCUT2D eigenvalue weighted by Crippen LogP contribution is -2.15. The van der Waals surface area contributed by atoms with E-state index in [4.69, 9.17) is 14.6 Å². The zero-order chi connectivity index (χ0) is 20.1. The first-order chi connectivity index (χ1) is 13.3. The van der Waals surface area contributed by atoms with Crippen LogP contribution in [-0.4, -0.2) is 14.4 Å². The summed E-state index contributed by atoms with van der Waals surface area (Å²) in [5, 5.41) is 5.02. The van der Waals surface area contributed by atoms with Crippen LogP contribution in [0.3, 0.4) is 0 Å². The quantitative estimate of drug-likeness (QED) is 0.637. The second kappa shape index (κ2) is 8.20. The molecule has 2 N–H and O–H groups in total. The fourth-order valence-electron chi connectivity index (χ4n) is 2.40. The normalized spacial score (nSPS) is 11.1. The van der Waals surface area contributed by atoms with Gasteiger partial charge in [-0.3, -0.25) is 0 Å². The molecular weight excluding hydrogens is 385 g/mol. The molecule has 0 radical (unpaired) electrons. The van der Waals surface area contributed by atoms with Crippen molar-refractivity contribution in [3.05, 3.63) is 89.7 Å². The number of hydrogen-bond acceptors (Lipinski definition) is 5. The fraction of sp³-hybridized carbons (Fsp3) is 0.0500. The van der Waals surface area contributed by atoms with Gasteiger partial charge in [-0.1, -0.05) is 36.4 Å². The van der Waals surface area contributed by atoms with Crippen LogP contribution in [0.15, 0.2) is 77.7 Å². The lowest BCUT2D eigenvalue weighted by molar-refractivity contribution is 0.0465. The Morgan fingerprint density at radius 1 is 0.964 bits per heavy atom. The summed E-state index contributed by atoms with van der Waals surface area (Å²) in [4.78, 5) is 11.9. The van der Waals surface area contributed by atoms with Gasteiger partial charge in [0.25, 0.3) is 0 Å². The molecule has 3 aromatic carbocycles. The Hall–Kier alpha value is -3.23. The van der Waals surface area contributed by atoms with E-state index in [2.05, 4.69) is 0 Å². The number of para-hydroxylation sites is 2. The minimum Gasteiger partial charge on any atom is -0.457 e. The molecule has 0 spiro atoms. The highest BCUT2D eigenvalue weighted by atomic mass is 32.2. The molecule has 0 amide bonds. The summed E-state index contributed by atoms with van der Waals surface area (Å²) in [7, 11) is -4.08. The van der Waals surface area contributed by atoms with E-state index in [9.17, 15) is 17.6 Å². The molecule has 3 rings (SSSR count). The Balaban J connectivity index is 1.77. The largest absolute Gasteiger partial charge is 0.457 e. The van der Waals surface area contributed by atoms with Gasteiger partial charge in [-0.25, -0.2) is 22.7 Å². The van der Waals surface area contributed by atoms with E-state index in [0.717, 1.165) is 18.2 Å². The van der Waals surface area contributed by atoms with Gasteiger partial charge in [0.1, 0.15) is 23.9 Å². The fourth-order valence-corrected chi connectivity index (χ4v) is 2.94.